The van der Waals surface area contributed by atoms with Gasteiger partial charge in [0.05, 0.1) is 17.4 Å². The first-order chi connectivity index (χ1) is 14.0. The highest BCUT2D eigenvalue weighted by atomic mass is 16.5. The number of H-pyrrole nitrogens is 1. The van der Waals surface area contributed by atoms with Crippen LogP contribution in [0.1, 0.15) is 43.1 Å². The summed E-state index contributed by atoms with van der Waals surface area (Å²) < 4.78 is 8.30. The maximum Gasteiger partial charge on any atom is 0.355 e. The number of ether oxygens (including phenoxy) is 1. The van der Waals surface area contributed by atoms with Crippen LogP contribution in [0.25, 0.3) is 5.69 Å². The molecule has 1 aromatic carbocycles. The Morgan fingerprint density at radius 1 is 1.24 bits per heavy atom. The van der Waals surface area contributed by atoms with Crippen molar-refractivity contribution in [3.05, 3.63) is 68.8 Å². The Balaban J connectivity index is 1.55. The van der Waals surface area contributed by atoms with Gasteiger partial charge in [-0.15, -0.1) is 0 Å². The first kappa shape index (κ1) is 19.1. The average Bonchev–Trinajstić information content (AvgIpc) is 3.15. The molecular weight excluding hydrogens is 372 g/mol. The van der Waals surface area contributed by atoms with E-state index in [2.05, 4.69) is 20.4 Å². The van der Waals surface area contributed by atoms with Gasteiger partial charge in [0, 0.05) is 25.5 Å². The number of rotatable bonds is 5. The maximum atomic E-state index is 12.5. The lowest BCUT2D eigenvalue weighted by Gasteiger charge is -2.23. The average molecular weight is 396 g/mol. The van der Waals surface area contributed by atoms with Crippen LogP contribution < -0.4 is 16.7 Å². The third-order valence-electron chi connectivity index (χ3n) is 5.12. The Kier molecular flexibility index (Phi) is 5.30. The summed E-state index contributed by atoms with van der Waals surface area (Å²) in [5.74, 6) is 0.163. The van der Waals surface area contributed by atoms with Crippen LogP contribution in [-0.2, 0) is 4.74 Å². The molecule has 1 atom stereocenters. The van der Waals surface area contributed by atoms with E-state index in [0.29, 0.717) is 26.1 Å². The number of nitrogens with one attached hydrogen (secondary N) is 2. The molecule has 0 saturated carbocycles. The highest BCUT2D eigenvalue weighted by molar-refractivity contribution is 5.39. The summed E-state index contributed by atoms with van der Waals surface area (Å²) in [5, 5.41) is 7.55. The van der Waals surface area contributed by atoms with Gasteiger partial charge in [-0.3, -0.25) is 4.98 Å². The van der Waals surface area contributed by atoms with Gasteiger partial charge < -0.3 is 10.1 Å². The van der Waals surface area contributed by atoms with Gasteiger partial charge in [0.1, 0.15) is 0 Å². The number of aryl methyl sites for hydroxylation is 1. The lowest BCUT2D eigenvalue weighted by atomic mass is 10.1. The van der Waals surface area contributed by atoms with Crippen LogP contribution in [0.15, 0.2) is 46.1 Å². The van der Waals surface area contributed by atoms with Crippen molar-refractivity contribution in [2.75, 3.05) is 18.5 Å². The van der Waals surface area contributed by atoms with Crippen molar-refractivity contribution in [3.8, 4) is 5.69 Å². The highest BCUT2D eigenvalue weighted by Crippen LogP contribution is 2.20. The van der Waals surface area contributed by atoms with Crippen LogP contribution in [0, 0.1) is 6.92 Å². The molecule has 1 fully saturated rings. The predicted octanol–water partition coefficient (Wildman–Crippen LogP) is 1.95. The molecule has 3 aromatic rings. The van der Waals surface area contributed by atoms with E-state index < -0.39 is 11.4 Å². The van der Waals surface area contributed by atoms with E-state index in [4.69, 9.17) is 4.74 Å². The minimum absolute atomic E-state index is 0.163. The Bertz CT molecular complexity index is 1080. The summed E-state index contributed by atoms with van der Waals surface area (Å²) in [5.41, 5.74) is 1.85. The largest absolute Gasteiger partial charge is 0.381 e. The van der Waals surface area contributed by atoms with Gasteiger partial charge in [-0.25, -0.2) is 18.8 Å². The zero-order valence-corrected chi connectivity index (χ0v) is 16.5. The number of nitrogens with zero attached hydrogens (tertiary/aromatic N) is 4. The van der Waals surface area contributed by atoms with Gasteiger partial charge in [0.2, 0.25) is 5.95 Å². The van der Waals surface area contributed by atoms with Crippen molar-refractivity contribution in [2.45, 2.75) is 38.8 Å². The first-order valence-electron chi connectivity index (χ1n) is 9.71. The molecule has 3 heterocycles. The first-order valence-corrected chi connectivity index (χ1v) is 9.71. The maximum absolute atomic E-state index is 12.5. The Morgan fingerprint density at radius 2 is 2.03 bits per heavy atom. The van der Waals surface area contributed by atoms with Gasteiger partial charge in [0.15, 0.2) is 0 Å². The topological polar surface area (TPSA) is 107 Å². The molecule has 29 heavy (non-hydrogen) atoms. The predicted molar refractivity (Wildman–Crippen MR) is 109 cm³/mol. The monoisotopic (exact) mass is 396 g/mol. The van der Waals surface area contributed by atoms with Crippen LogP contribution in [0.2, 0.25) is 0 Å². The smallest absolute Gasteiger partial charge is 0.355 e. The quantitative estimate of drug-likeness (QED) is 0.683. The van der Waals surface area contributed by atoms with Gasteiger partial charge >= 0.3 is 11.4 Å². The lowest BCUT2D eigenvalue weighted by Crippen LogP contribution is -2.42. The highest BCUT2D eigenvalue weighted by Gasteiger charge is 2.20. The fourth-order valence-electron chi connectivity index (χ4n) is 3.54. The Hall–Kier alpha value is -3.20. The van der Waals surface area contributed by atoms with Crippen molar-refractivity contribution < 1.29 is 4.74 Å². The molecule has 9 nitrogen and oxygen atoms in total. The molecule has 0 bridgehead atoms. The van der Waals surface area contributed by atoms with Gasteiger partial charge in [-0.1, -0.05) is 12.1 Å². The van der Waals surface area contributed by atoms with Crippen LogP contribution in [0.3, 0.4) is 0 Å². The number of anilines is 1. The summed E-state index contributed by atoms with van der Waals surface area (Å²) in [6.07, 6.45) is 3.17. The van der Waals surface area contributed by atoms with Crippen LogP contribution in [0.5, 0.6) is 0 Å². The molecule has 152 valence electrons. The van der Waals surface area contributed by atoms with Gasteiger partial charge in [-0.2, -0.15) is 10.1 Å². The SMILES string of the molecule is Cc1ccn(-c2cccc([C@H](C)Nc3nc(=O)n(C4CCOCC4)c(=O)[nH]3)c2)n1. The summed E-state index contributed by atoms with van der Waals surface area (Å²) in [4.78, 5) is 31.7. The summed E-state index contributed by atoms with van der Waals surface area (Å²) in [6, 6.07) is 9.49. The van der Waals surface area contributed by atoms with Gasteiger partial charge in [-0.05, 0) is 50.5 Å². The number of hydrogen-bond acceptors (Lipinski definition) is 6. The van der Waals surface area contributed by atoms with Crippen molar-refractivity contribution in [1.29, 1.82) is 0 Å². The van der Waals surface area contributed by atoms with Gasteiger partial charge in [0.25, 0.3) is 0 Å². The fourth-order valence-corrected chi connectivity index (χ4v) is 3.54. The minimum Gasteiger partial charge on any atom is -0.381 e. The lowest BCUT2D eigenvalue weighted by molar-refractivity contribution is 0.0670. The standard InChI is InChI=1S/C20H24N6O3/c1-13-6-9-25(24-13)17-5-3-4-15(12-17)14(2)21-18-22-19(27)26(20(28)23-18)16-7-10-29-11-8-16/h3-6,9,12,14,16H,7-8,10-11H2,1-2H3,(H2,21,22,23,27,28)/t14-/m0/s1. The number of benzene rings is 1. The third-order valence-corrected chi connectivity index (χ3v) is 5.12. The van der Waals surface area contributed by atoms with Crippen molar-refractivity contribution >= 4 is 5.95 Å². The molecular formula is C20H24N6O3. The second-order valence-corrected chi connectivity index (χ2v) is 7.25. The fraction of sp³-hybridized carbons (Fsp3) is 0.400. The van der Waals surface area contributed by atoms with Crippen molar-refractivity contribution in [1.82, 2.24) is 24.3 Å². The van der Waals surface area contributed by atoms with Crippen molar-refractivity contribution in [3.63, 3.8) is 0 Å². The molecule has 9 heteroatoms. The van der Waals surface area contributed by atoms with E-state index in [0.717, 1.165) is 16.9 Å². The van der Waals surface area contributed by atoms with Crippen LogP contribution in [0.4, 0.5) is 5.95 Å². The van der Waals surface area contributed by atoms with E-state index >= 15 is 0 Å². The molecule has 0 radical (unpaired) electrons. The molecule has 0 spiro atoms. The molecule has 1 saturated heterocycles. The Labute approximate surface area is 167 Å². The zero-order chi connectivity index (χ0) is 20.4. The molecule has 0 amide bonds. The summed E-state index contributed by atoms with van der Waals surface area (Å²) >= 11 is 0. The van der Waals surface area contributed by atoms with E-state index in [9.17, 15) is 9.59 Å². The molecule has 0 aliphatic carbocycles. The number of aromatic nitrogens is 5. The normalized spacial score (nSPS) is 15.9. The van der Waals surface area contributed by atoms with Crippen LogP contribution in [-0.4, -0.2) is 37.5 Å². The number of hydrogen-bond donors (Lipinski definition) is 2. The van der Waals surface area contributed by atoms with Crippen LogP contribution >= 0.6 is 0 Å². The molecule has 1 aliphatic heterocycles. The number of aromatic amines is 1. The van der Waals surface area contributed by atoms with E-state index in [1.807, 2.05) is 50.4 Å². The molecule has 1 aliphatic rings. The van der Waals surface area contributed by atoms with E-state index in [-0.39, 0.29) is 18.0 Å². The third kappa shape index (κ3) is 4.14. The molecule has 2 N–H and O–H groups in total. The summed E-state index contributed by atoms with van der Waals surface area (Å²) in [7, 11) is 0. The molecule has 4 rings (SSSR count). The second kappa shape index (κ2) is 8.04. The molecule has 0 unspecified atom stereocenters. The minimum atomic E-state index is -0.545. The molecule has 2 aromatic heterocycles. The van der Waals surface area contributed by atoms with E-state index in [1.165, 1.54) is 4.57 Å². The zero-order valence-electron chi connectivity index (χ0n) is 16.5. The van der Waals surface area contributed by atoms with E-state index in [1.54, 1.807) is 4.68 Å². The Morgan fingerprint density at radius 3 is 2.72 bits per heavy atom. The summed E-state index contributed by atoms with van der Waals surface area (Å²) in [6.45, 7) is 4.96. The second-order valence-electron chi connectivity index (χ2n) is 7.25. The van der Waals surface area contributed by atoms with Crippen molar-refractivity contribution in [2.24, 2.45) is 0 Å².